The average Bonchev–Trinajstić information content (AvgIpc) is 2.29. The van der Waals surface area contributed by atoms with Gasteiger partial charge in [0, 0.05) is 11.0 Å². The first-order valence-electron chi connectivity index (χ1n) is 5.97. The molecule has 1 aromatic carbocycles. The fraction of sp³-hybridized carbons (Fsp3) is 0.429. The van der Waals surface area contributed by atoms with Crippen LogP contribution < -0.4 is 4.74 Å². The highest BCUT2D eigenvalue weighted by Gasteiger charge is 2.31. The number of ether oxygens (including phenoxy) is 1. The highest BCUT2D eigenvalue weighted by Crippen LogP contribution is 2.28. The minimum atomic E-state index is -1.08. The minimum absolute atomic E-state index is 0.0788. The minimum Gasteiger partial charge on any atom is -0.491 e. The van der Waals surface area contributed by atoms with Crippen LogP contribution in [0.15, 0.2) is 18.2 Å². The first-order valence-corrected chi connectivity index (χ1v) is 5.97. The van der Waals surface area contributed by atoms with Gasteiger partial charge in [0.1, 0.15) is 0 Å². The molecular formula is C14H17FO4. The molecule has 0 unspecified atom stereocenters. The molecule has 0 aromatic heterocycles. The summed E-state index contributed by atoms with van der Waals surface area (Å²) in [6.07, 6.45) is -0.305. The van der Waals surface area contributed by atoms with E-state index in [9.17, 15) is 14.0 Å². The number of rotatable bonds is 6. The molecule has 4 nitrogen and oxygen atoms in total. The Morgan fingerprint density at radius 1 is 1.37 bits per heavy atom. The molecule has 0 radical (unpaired) electrons. The molecule has 0 spiro atoms. The summed E-state index contributed by atoms with van der Waals surface area (Å²) in [5.74, 6) is -2.02. The van der Waals surface area contributed by atoms with E-state index in [2.05, 4.69) is 0 Å². The lowest BCUT2D eigenvalue weighted by Gasteiger charge is -2.21. The van der Waals surface area contributed by atoms with E-state index in [4.69, 9.17) is 9.84 Å². The van der Waals surface area contributed by atoms with Crippen molar-refractivity contribution in [3.63, 3.8) is 0 Å². The number of ketones is 1. The van der Waals surface area contributed by atoms with Gasteiger partial charge in [-0.15, -0.1) is 0 Å². The molecule has 1 rings (SSSR count). The lowest BCUT2D eigenvalue weighted by Crippen LogP contribution is -2.27. The summed E-state index contributed by atoms with van der Waals surface area (Å²) in [5.41, 5.74) is -0.932. The van der Waals surface area contributed by atoms with Crippen molar-refractivity contribution in [1.29, 1.82) is 0 Å². The number of carboxylic acid groups (broad SMARTS) is 1. The topological polar surface area (TPSA) is 63.6 Å². The van der Waals surface area contributed by atoms with E-state index in [0.717, 1.165) is 6.07 Å². The van der Waals surface area contributed by atoms with Crippen LogP contribution in [0.4, 0.5) is 4.39 Å². The highest BCUT2D eigenvalue weighted by molar-refractivity contribution is 6.01. The van der Waals surface area contributed by atoms with Crippen LogP contribution >= 0.6 is 0 Å². The highest BCUT2D eigenvalue weighted by atomic mass is 19.1. The third-order valence-corrected chi connectivity index (χ3v) is 2.70. The maximum atomic E-state index is 13.7. The van der Waals surface area contributed by atoms with Crippen LogP contribution in [0, 0.1) is 11.2 Å². The van der Waals surface area contributed by atoms with Crippen LogP contribution in [0.5, 0.6) is 5.75 Å². The number of aliphatic carboxylic acids is 1. The van der Waals surface area contributed by atoms with Gasteiger partial charge in [-0.2, -0.15) is 0 Å². The van der Waals surface area contributed by atoms with Crippen LogP contribution in [-0.4, -0.2) is 23.5 Å². The second-order valence-electron chi connectivity index (χ2n) is 4.86. The number of carboxylic acids is 1. The number of carbonyl (C=O) groups excluding carboxylic acids is 1. The van der Waals surface area contributed by atoms with E-state index in [1.807, 2.05) is 0 Å². The Hall–Kier alpha value is -1.91. The van der Waals surface area contributed by atoms with Gasteiger partial charge in [0.15, 0.2) is 17.3 Å². The van der Waals surface area contributed by atoms with Gasteiger partial charge in [0.25, 0.3) is 0 Å². The fourth-order valence-corrected chi connectivity index (χ4v) is 1.76. The van der Waals surface area contributed by atoms with Gasteiger partial charge < -0.3 is 9.84 Å². The summed E-state index contributed by atoms with van der Waals surface area (Å²) < 4.78 is 18.7. The molecule has 0 heterocycles. The zero-order chi connectivity index (χ0) is 14.6. The quantitative estimate of drug-likeness (QED) is 0.806. The SMILES string of the molecule is CCOc1ccc(C(=O)C(C)(C)CC(=O)O)cc1F. The van der Waals surface area contributed by atoms with Gasteiger partial charge in [-0.05, 0) is 25.1 Å². The number of benzene rings is 1. The molecule has 0 saturated carbocycles. The molecule has 0 saturated heterocycles. The summed E-state index contributed by atoms with van der Waals surface area (Å²) in [6.45, 7) is 5.11. The smallest absolute Gasteiger partial charge is 0.304 e. The van der Waals surface area contributed by atoms with Crippen molar-refractivity contribution in [1.82, 2.24) is 0 Å². The molecule has 0 fully saturated rings. The van der Waals surface area contributed by atoms with E-state index < -0.39 is 23.0 Å². The Labute approximate surface area is 111 Å². The third-order valence-electron chi connectivity index (χ3n) is 2.70. The van der Waals surface area contributed by atoms with E-state index in [1.165, 1.54) is 26.0 Å². The van der Waals surface area contributed by atoms with Crippen LogP contribution in [0.1, 0.15) is 37.6 Å². The third kappa shape index (κ3) is 3.77. The van der Waals surface area contributed by atoms with Crippen LogP contribution in [-0.2, 0) is 4.79 Å². The van der Waals surface area contributed by atoms with Crippen molar-refractivity contribution < 1.29 is 23.8 Å². The summed E-state index contributed by atoms with van der Waals surface area (Å²) in [4.78, 5) is 22.9. The van der Waals surface area contributed by atoms with Crippen molar-refractivity contribution in [3.8, 4) is 5.75 Å². The van der Waals surface area contributed by atoms with Gasteiger partial charge in [0.05, 0.1) is 13.0 Å². The molecule has 0 aliphatic heterocycles. The molecular weight excluding hydrogens is 251 g/mol. The second-order valence-corrected chi connectivity index (χ2v) is 4.86. The van der Waals surface area contributed by atoms with Crippen molar-refractivity contribution in [2.75, 3.05) is 6.61 Å². The normalized spacial score (nSPS) is 11.2. The Morgan fingerprint density at radius 2 is 2.00 bits per heavy atom. The zero-order valence-corrected chi connectivity index (χ0v) is 11.2. The molecule has 19 heavy (non-hydrogen) atoms. The lowest BCUT2D eigenvalue weighted by molar-refractivity contribution is -0.138. The maximum absolute atomic E-state index is 13.7. The summed E-state index contributed by atoms with van der Waals surface area (Å²) >= 11 is 0. The first-order chi connectivity index (χ1) is 8.77. The van der Waals surface area contributed by atoms with Gasteiger partial charge >= 0.3 is 5.97 Å². The monoisotopic (exact) mass is 268 g/mol. The van der Waals surface area contributed by atoms with Gasteiger partial charge in [0.2, 0.25) is 0 Å². The maximum Gasteiger partial charge on any atom is 0.304 e. The predicted molar refractivity (Wildman–Crippen MR) is 67.9 cm³/mol. The number of Topliss-reactive ketones (excluding diaryl/α,β-unsaturated/α-hetero) is 1. The Bertz CT molecular complexity index is 494. The number of hydrogen-bond acceptors (Lipinski definition) is 3. The molecule has 1 N–H and O–H groups in total. The van der Waals surface area contributed by atoms with E-state index in [-0.39, 0.29) is 17.7 Å². The molecule has 0 aliphatic carbocycles. The Kier molecular flexibility index (Phi) is 4.64. The van der Waals surface area contributed by atoms with Gasteiger partial charge in [-0.3, -0.25) is 9.59 Å². The van der Waals surface area contributed by atoms with Crippen LogP contribution in [0.3, 0.4) is 0 Å². The molecule has 0 aliphatic rings. The standard InChI is InChI=1S/C14H17FO4/c1-4-19-11-6-5-9(7-10(11)15)13(18)14(2,3)8-12(16)17/h5-7H,4,8H2,1-3H3,(H,16,17). The van der Waals surface area contributed by atoms with Crippen molar-refractivity contribution in [3.05, 3.63) is 29.6 Å². The molecule has 1 aromatic rings. The van der Waals surface area contributed by atoms with Crippen LogP contribution in [0.2, 0.25) is 0 Å². The molecule has 104 valence electrons. The van der Waals surface area contributed by atoms with Crippen molar-refractivity contribution >= 4 is 11.8 Å². The van der Waals surface area contributed by atoms with Gasteiger partial charge in [-0.25, -0.2) is 4.39 Å². The fourth-order valence-electron chi connectivity index (χ4n) is 1.76. The second kappa shape index (κ2) is 5.82. The Balaban J connectivity index is 3.00. The molecule has 0 amide bonds. The summed E-state index contributed by atoms with van der Waals surface area (Å²) in [5, 5.41) is 8.77. The Morgan fingerprint density at radius 3 is 2.47 bits per heavy atom. The zero-order valence-electron chi connectivity index (χ0n) is 11.2. The summed E-state index contributed by atoms with van der Waals surface area (Å²) in [7, 11) is 0. The van der Waals surface area contributed by atoms with Crippen molar-refractivity contribution in [2.45, 2.75) is 27.2 Å². The lowest BCUT2D eigenvalue weighted by atomic mass is 9.81. The predicted octanol–water partition coefficient (Wildman–Crippen LogP) is 2.91. The average molecular weight is 268 g/mol. The van der Waals surface area contributed by atoms with Gasteiger partial charge in [-0.1, -0.05) is 13.8 Å². The summed E-state index contributed by atoms with van der Waals surface area (Å²) in [6, 6.07) is 3.90. The molecule has 0 atom stereocenters. The van der Waals surface area contributed by atoms with Crippen molar-refractivity contribution in [2.24, 2.45) is 5.41 Å². The number of hydrogen-bond donors (Lipinski definition) is 1. The van der Waals surface area contributed by atoms with E-state index in [0.29, 0.717) is 6.61 Å². The number of carbonyl (C=O) groups is 2. The largest absolute Gasteiger partial charge is 0.491 e. The number of halogens is 1. The van der Waals surface area contributed by atoms with E-state index in [1.54, 1.807) is 6.92 Å². The molecule has 0 bridgehead atoms. The van der Waals surface area contributed by atoms with E-state index >= 15 is 0 Å². The van der Waals surface area contributed by atoms with Crippen LogP contribution in [0.25, 0.3) is 0 Å². The first kappa shape index (κ1) is 15.1. The molecule has 5 heteroatoms.